The van der Waals surface area contributed by atoms with E-state index in [0.717, 1.165) is 5.56 Å². The zero-order valence-electron chi connectivity index (χ0n) is 15.5. The van der Waals surface area contributed by atoms with E-state index in [0.29, 0.717) is 16.3 Å². The number of hydrogen-bond acceptors (Lipinski definition) is 4. The summed E-state index contributed by atoms with van der Waals surface area (Å²) < 4.78 is 5.81. The van der Waals surface area contributed by atoms with Crippen molar-refractivity contribution >= 4 is 41.3 Å². The van der Waals surface area contributed by atoms with Gasteiger partial charge < -0.3 is 9.84 Å². The first-order valence-corrected chi connectivity index (χ1v) is 9.52. The van der Waals surface area contributed by atoms with Crippen LogP contribution in [0.4, 0.5) is 0 Å². The predicted molar refractivity (Wildman–Crippen MR) is 116 cm³/mol. The highest BCUT2D eigenvalue weighted by atomic mass is 35.5. The Kier molecular flexibility index (Phi) is 7.06. The van der Waals surface area contributed by atoms with Crippen molar-refractivity contribution in [3.05, 3.63) is 99.0 Å². The Morgan fingerprint density at radius 2 is 1.77 bits per heavy atom. The van der Waals surface area contributed by atoms with Crippen LogP contribution >= 0.6 is 23.2 Å². The number of hydrogen-bond donors (Lipinski definition) is 2. The van der Waals surface area contributed by atoms with Gasteiger partial charge in [0.15, 0.2) is 0 Å². The third kappa shape index (κ3) is 5.59. The van der Waals surface area contributed by atoms with Crippen LogP contribution in [0.5, 0.6) is 5.75 Å². The molecular weight excluding hydrogens is 427 g/mol. The quantitative estimate of drug-likeness (QED) is 0.396. The largest absolute Gasteiger partial charge is 0.488 e. The van der Waals surface area contributed by atoms with Crippen molar-refractivity contribution in [2.45, 2.75) is 6.61 Å². The molecule has 0 aliphatic heterocycles. The van der Waals surface area contributed by atoms with E-state index >= 15 is 0 Å². The molecule has 0 aliphatic carbocycles. The first-order valence-electron chi connectivity index (χ1n) is 8.76. The van der Waals surface area contributed by atoms with Gasteiger partial charge in [-0.05, 0) is 48.0 Å². The van der Waals surface area contributed by atoms with Crippen LogP contribution in [-0.2, 0) is 6.61 Å². The molecule has 0 heterocycles. The number of nitrogens with one attached hydrogen (secondary N) is 1. The lowest BCUT2D eigenvalue weighted by atomic mass is 10.1. The molecular formula is C22H16Cl2N2O4. The Morgan fingerprint density at radius 1 is 1.03 bits per heavy atom. The van der Waals surface area contributed by atoms with E-state index < -0.39 is 11.9 Å². The number of benzene rings is 3. The zero-order chi connectivity index (χ0) is 21.5. The Bertz CT molecular complexity index is 1100. The van der Waals surface area contributed by atoms with E-state index in [9.17, 15) is 9.59 Å². The van der Waals surface area contributed by atoms with Crippen molar-refractivity contribution in [3.63, 3.8) is 0 Å². The fourth-order valence-corrected chi connectivity index (χ4v) is 3.01. The van der Waals surface area contributed by atoms with Crippen LogP contribution in [0.1, 0.15) is 31.8 Å². The molecule has 30 heavy (non-hydrogen) atoms. The molecule has 0 spiro atoms. The van der Waals surface area contributed by atoms with Gasteiger partial charge in [-0.2, -0.15) is 5.10 Å². The number of carbonyl (C=O) groups excluding carboxylic acids is 1. The average Bonchev–Trinajstić information content (AvgIpc) is 2.73. The van der Waals surface area contributed by atoms with Crippen LogP contribution in [0.15, 0.2) is 71.8 Å². The number of carbonyl (C=O) groups is 2. The number of carboxylic acids is 1. The minimum absolute atomic E-state index is 0.211. The summed E-state index contributed by atoms with van der Waals surface area (Å²) in [4.78, 5) is 23.1. The van der Waals surface area contributed by atoms with Crippen LogP contribution < -0.4 is 10.2 Å². The lowest BCUT2D eigenvalue weighted by Gasteiger charge is -2.09. The van der Waals surface area contributed by atoms with Gasteiger partial charge in [0, 0.05) is 10.6 Å². The molecule has 0 bridgehead atoms. The standard InChI is InChI=1S/C22H16Cl2N2O4/c23-17-9-10-18(19(24)11-17)21(27)26-25-12-16-3-1-2-4-20(16)30-13-14-5-7-15(8-6-14)22(28)29/h1-12H,13H2,(H,26,27)(H,28,29)/b25-12+. The molecule has 3 aromatic carbocycles. The zero-order valence-corrected chi connectivity index (χ0v) is 17.0. The summed E-state index contributed by atoms with van der Waals surface area (Å²) in [5, 5.41) is 13.6. The molecule has 0 saturated heterocycles. The van der Waals surface area contributed by atoms with Gasteiger partial charge in [-0.3, -0.25) is 4.79 Å². The van der Waals surface area contributed by atoms with Crippen molar-refractivity contribution < 1.29 is 19.4 Å². The number of carboxylic acid groups (broad SMARTS) is 1. The Morgan fingerprint density at radius 3 is 2.47 bits per heavy atom. The fourth-order valence-electron chi connectivity index (χ4n) is 2.52. The number of amides is 1. The molecule has 0 saturated carbocycles. The molecule has 0 unspecified atom stereocenters. The molecule has 6 nitrogen and oxygen atoms in total. The molecule has 3 aromatic rings. The van der Waals surface area contributed by atoms with E-state index in [-0.39, 0.29) is 22.8 Å². The molecule has 0 radical (unpaired) electrons. The van der Waals surface area contributed by atoms with E-state index in [1.54, 1.807) is 30.3 Å². The van der Waals surface area contributed by atoms with E-state index in [4.69, 9.17) is 33.0 Å². The highest BCUT2D eigenvalue weighted by Gasteiger charge is 2.10. The number of halogens is 2. The van der Waals surface area contributed by atoms with Crippen molar-refractivity contribution in [2.24, 2.45) is 5.10 Å². The number of ether oxygens (including phenoxy) is 1. The smallest absolute Gasteiger partial charge is 0.335 e. The molecule has 0 aliphatic rings. The van der Waals surface area contributed by atoms with Crippen LogP contribution in [-0.4, -0.2) is 23.2 Å². The third-order valence-electron chi connectivity index (χ3n) is 4.06. The lowest BCUT2D eigenvalue weighted by molar-refractivity contribution is 0.0696. The first-order chi connectivity index (χ1) is 14.4. The minimum Gasteiger partial charge on any atom is -0.488 e. The Balaban J connectivity index is 1.64. The lowest BCUT2D eigenvalue weighted by Crippen LogP contribution is -2.18. The van der Waals surface area contributed by atoms with Crippen LogP contribution in [0, 0.1) is 0 Å². The molecule has 0 fully saturated rings. The maximum atomic E-state index is 12.2. The molecule has 0 aromatic heterocycles. The fraction of sp³-hybridized carbons (Fsp3) is 0.0455. The van der Waals surface area contributed by atoms with Gasteiger partial charge in [0.05, 0.1) is 22.4 Å². The number of para-hydroxylation sites is 1. The van der Waals surface area contributed by atoms with Gasteiger partial charge >= 0.3 is 5.97 Å². The van der Waals surface area contributed by atoms with Crippen molar-refractivity contribution in [1.29, 1.82) is 0 Å². The molecule has 8 heteroatoms. The topological polar surface area (TPSA) is 88.0 Å². The summed E-state index contributed by atoms with van der Waals surface area (Å²) >= 11 is 11.9. The van der Waals surface area contributed by atoms with Gasteiger partial charge in [0.2, 0.25) is 0 Å². The Labute approximate surface area is 182 Å². The predicted octanol–water partition coefficient (Wildman–Crippen LogP) is 5.03. The van der Waals surface area contributed by atoms with Gasteiger partial charge in [-0.25, -0.2) is 10.2 Å². The minimum atomic E-state index is -0.981. The van der Waals surface area contributed by atoms with Gasteiger partial charge in [0.25, 0.3) is 5.91 Å². The molecule has 1 amide bonds. The Hall–Kier alpha value is -3.35. The van der Waals surface area contributed by atoms with Crippen molar-refractivity contribution in [3.8, 4) is 5.75 Å². The number of aromatic carboxylic acids is 1. The van der Waals surface area contributed by atoms with Crippen molar-refractivity contribution in [1.82, 2.24) is 5.43 Å². The van der Waals surface area contributed by atoms with Crippen LogP contribution in [0.25, 0.3) is 0 Å². The molecule has 0 atom stereocenters. The third-order valence-corrected chi connectivity index (χ3v) is 4.61. The summed E-state index contributed by atoms with van der Waals surface area (Å²) in [7, 11) is 0. The number of hydrazone groups is 1. The second kappa shape index (κ2) is 9.91. The second-order valence-electron chi connectivity index (χ2n) is 6.15. The number of nitrogens with zero attached hydrogens (tertiary/aromatic N) is 1. The average molecular weight is 443 g/mol. The first kappa shape index (κ1) is 21.4. The normalized spacial score (nSPS) is 10.7. The van der Waals surface area contributed by atoms with E-state index in [2.05, 4.69) is 10.5 Å². The summed E-state index contributed by atoms with van der Waals surface area (Å²) in [6, 6.07) is 18.2. The maximum absolute atomic E-state index is 12.2. The highest BCUT2D eigenvalue weighted by Crippen LogP contribution is 2.21. The highest BCUT2D eigenvalue weighted by molar-refractivity contribution is 6.36. The maximum Gasteiger partial charge on any atom is 0.335 e. The van der Waals surface area contributed by atoms with Gasteiger partial charge in [-0.1, -0.05) is 47.5 Å². The van der Waals surface area contributed by atoms with Crippen molar-refractivity contribution in [2.75, 3.05) is 0 Å². The van der Waals surface area contributed by atoms with Gasteiger partial charge in [-0.15, -0.1) is 0 Å². The monoisotopic (exact) mass is 442 g/mol. The van der Waals surface area contributed by atoms with Gasteiger partial charge in [0.1, 0.15) is 12.4 Å². The summed E-state index contributed by atoms with van der Waals surface area (Å²) in [5.74, 6) is -0.891. The summed E-state index contributed by atoms with van der Waals surface area (Å²) in [6.45, 7) is 0.248. The van der Waals surface area contributed by atoms with Crippen LogP contribution in [0.2, 0.25) is 10.0 Å². The van der Waals surface area contributed by atoms with E-state index in [1.165, 1.54) is 30.5 Å². The summed E-state index contributed by atoms with van der Waals surface area (Å²) in [6.07, 6.45) is 1.46. The summed E-state index contributed by atoms with van der Waals surface area (Å²) in [5.41, 5.74) is 4.36. The van der Waals surface area contributed by atoms with Crippen LogP contribution in [0.3, 0.4) is 0 Å². The molecule has 3 rings (SSSR count). The van der Waals surface area contributed by atoms with E-state index in [1.807, 2.05) is 12.1 Å². The second-order valence-corrected chi connectivity index (χ2v) is 7.00. The molecule has 152 valence electrons. The number of rotatable bonds is 7. The molecule has 2 N–H and O–H groups in total. The SMILES string of the molecule is O=C(O)c1ccc(COc2ccccc2/C=N/NC(=O)c2ccc(Cl)cc2Cl)cc1.